The fraction of sp³-hybridized carbons (Fsp3) is 1.00. The van der Waals surface area contributed by atoms with E-state index in [1.54, 1.807) is 0 Å². The molecule has 0 amide bonds. The number of hydrogen-bond acceptors (Lipinski definition) is 12. The van der Waals surface area contributed by atoms with E-state index in [9.17, 15) is 0 Å². The number of hydrogen-bond donors (Lipinski definition) is 10. The summed E-state index contributed by atoms with van der Waals surface area (Å²) in [6, 6.07) is 0.488. The van der Waals surface area contributed by atoms with Crippen LogP contribution in [0, 0.1) is 43.3 Å². The third-order valence-electron chi connectivity index (χ3n) is 8.90. The van der Waals surface area contributed by atoms with Gasteiger partial charge in [-0.2, -0.15) is 0 Å². The van der Waals surface area contributed by atoms with Crippen molar-refractivity contribution in [2.45, 2.75) is 241 Å². The van der Waals surface area contributed by atoms with E-state index in [1.807, 2.05) is 62.3 Å². The number of nitrogens with one attached hydrogen (secondary N) is 2. The van der Waals surface area contributed by atoms with Crippen molar-refractivity contribution < 1.29 is 44.7 Å². The third kappa shape index (κ3) is 59.8. The highest BCUT2D eigenvalue weighted by Gasteiger charge is 2.35. The van der Waals surface area contributed by atoms with Crippen LogP contribution in [0.25, 0.3) is 0 Å². The molecule has 2 aliphatic heterocycles. The molecule has 2 heterocycles. The Morgan fingerprint density at radius 2 is 0.938 bits per heavy atom. The van der Waals surface area contributed by atoms with E-state index in [0.29, 0.717) is 52.9 Å². The molecular formula is C48H111B4N3O9. The van der Waals surface area contributed by atoms with Gasteiger partial charge in [-0.3, -0.25) is 0 Å². The van der Waals surface area contributed by atoms with E-state index in [0.717, 1.165) is 38.6 Å². The average molecular weight is 918 g/mol. The number of nitrogens with two attached hydrogens (primary N) is 1. The zero-order valence-electron chi connectivity index (χ0n) is 46.6. The van der Waals surface area contributed by atoms with E-state index in [2.05, 4.69) is 114 Å². The van der Waals surface area contributed by atoms with Crippen LogP contribution in [0.3, 0.4) is 0 Å². The van der Waals surface area contributed by atoms with Gasteiger partial charge in [-0.15, -0.1) is 0 Å². The molecule has 0 aromatic rings. The summed E-state index contributed by atoms with van der Waals surface area (Å²) in [5.41, 5.74) is 7.34. The molecule has 2 rings (SSSR count). The minimum atomic E-state index is -1.16. The minimum absolute atomic E-state index is 0.0220. The molecule has 0 radical (unpaired) electrons. The van der Waals surface area contributed by atoms with Gasteiger partial charge in [0.2, 0.25) is 0 Å². The van der Waals surface area contributed by atoms with Gasteiger partial charge < -0.3 is 60.9 Å². The zero-order chi connectivity index (χ0) is 51.9. The fourth-order valence-electron chi connectivity index (χ4n) is 6.91. The van der Waals surface area contributed by atoms with Crippen molar-refractivity contribution in [3.8, 4) is 0 Å². The van der Waals surface area contributed by atoms with Crippen LogP contribution in [0.4, 0.5) is 0 Å². The maximum Gasteiger partial charge on any atom is 0.451 e. The summed E-state index contributed by atoms with van der Waals surface area (Å²) < 4.78 is 11.8. The second kappa shape index (κ2) is 31.1. The Hall–Kier alpha value is -0.220. The van der Waals surface area contributed by atoms with Crippen LogP contribution in [0.1, 0.15) is 192 Å². The Kier molecular flexibility index (Phi) is 34.2. The van der Waals surface area contributed by atoms with E-state index < -0.39 is 20.3 Å². The number of rotatable bonds is 10. The lowest BCUT2D eigenvalue weighted by Gasteiger charge is -2.24. The molecule has 0 aromatic heterocycles. The highest BCUT2D eigenvalue weighted by Crippen LogP contribution is 2.29. The summed E-state index contributed by atoms with van der Waals surface area (Å²) in [5.74, 6) is 0. The molecular weight excluding hydrogens is 806 g/mol. The molecule has 2 aliphatic rings. The van der Waals surface area contributed by atoms with Crippen molar-refractivity contribution in [1.29, 1.82) is 0 Å². The van der Waals surface area contributed by atoms with Crippen molar-refractivity contribution in [3.63, 3.8) is 0 Å². The van der Waals surface area contributed by atoms with Crippen LogP contribution in [0.2, 0.25) is 25.3 Å². The fourth-order valence-corrected chi connectivity index (χ4v) is 6.91. The summed E-state index contributed by atoms with van der Waals surface area (Å²) >= 11 is 0. The Labute approximate surface area is 399 Å². The summed E-state index contributed by atoms with van der Waals surface area (Å²) in [6.45, 7) is 53.3. The predicted octanol–water partition coefficient (Wildman–Crippen LogP) is 8.42. The highest BCUT2D eigenvalue weighted by atomic mass is 16.5. The molecule has 0 spiro atoms. The normalized spacial score (nSPS) is 18.4. The van der Waals surface area contributed by atoms with Crippen LogP contribution in [-0.4, -0.2) is 114 Å². The maximum atomic E-state index is 8.94. The monoisotopic (exact) mass is 918 g/mol. The van der Waals surface area contributed by atoms with Gasteiger partial charge in [0.1, 0.15) is 0 Å². The number of aliphatic hydroxyl groups is 3. The first-order valence-electron chi connectivity index (χ1n) is 24.2. The topological polar surface area (TPSA) is 210 Å². The van der Waals surface area contributed by atoms with Crippen LogP contribution in [0.5, 0.6) is 0 Å². The Morgan fingerprint density at radius 3 is 1.19 bits per heavy atom. The first-order valence-corrected chi connectivity index (χ1v) is 24.2. The SMILES string of the molecule is CC(C)(C)CB(O)O.CC(C)(C)CB(O)O.CC(C)(C)CB1NC(CC(C)(C)C)CO1.CC(C)(C)CB1NCC(CC(C)(C)C)O1.CC(C)(C)CC(N)CO.CC(C)(C)CC(O)CO. The van der Waals surface area contributed by atoms with Gasteiger partial charge in [0.05, 0.1) is 25.4 Å². The molecule has 0 aliphatic carbocycles. The molecule has 384 valence electrons. The summed E-state index contributed by atoms with van der Waals surface area (Å²) in [4.78, 5) is 0. The van der Waals surface area contributed by atoms with Crippen molar-refractivity contribution in [1.82, 2.24) is 10.5 Å². The third-order valence-corrected chi connectivity index (χ3v) is 8.90. The maximum absolute atomic E-state index is 8.94. The summed E-state index contributed by atoms with van der Waals surface area (Å²) in [5, 5.41) is 66.8. The van der Waals surface area contributed by atoms with Crippen molar-refractivity contribution in [2.24, 2.45) is 49.1 Å². The molecule has 12 nitrogen and oxygen atoms in total. The molecule has 4 unspecified atom stereocenters. The highest BCUT2D eigenvalue weighted by molar-refractivity contribution is 6.50. The summed E-state index contributed by atoms with van der Waals surface area (Å²) in [7, 11) is -1.79. The van der Waals surface area contributed by atoms with Gasteiger partial charge in [-0.1, -0.05) is 166 Å². The van der Waals surface area contributed by atoms with Crippen LogP contribution in [0.15, 0.2) is 0 Å². The first kappa shape index (κ1) is 70.3. The van der Waals surface area contributed by atoms with Gasteiger partial charge in [-0.05, 0) is 94.3 Å². The minimum Gasteiger partial charge on any atom is -0.427 e. The second-order valence-electron chi connectivity index (χ2n) is 28.2. The molecule has 0 aromatic carbocycles. The van der Waals surface area contributed by atoms with Gasteiger partial charge in [0.25, 0.3) is 0 Å². The molecule has 11 N–H and O–H groups in total. The lowest BCUT2D eigenvalue weighted by Crippen LogP contribution is -2.38. The molecule has 0 bridgehead atoms. The second-order valence-corrected chi connectivity index (χ2v) is 28.2. The molecule has 16 heteroatoms. The first-order chi connectivity index (χ1) is 28.1. The molecule has 2 saturated heterocycles. The molecule has 64 heavy (non-hydrogen) atoms. The van der Waals surface area contributed by atoms with E-state index in [1.165, 1.54) is 6.42 Å². The standard InChI is InChI=1S/2C12H26BNO.C7H17NO.C7H16O2.2C5H13BO2/c1-11(2,3)7-10-8-15-13(14-10)9-12(4,5)6;1-11(2,3)7-10-8-14-13(15-10)9-12(4,5)6;1-7(2,3)4-6(8)5-9;1-7(2,3)4-6(9)5-8;2*1-5(2,3)4-6(7)8/h2*10,14H,7-9H2,1-6H3;6,9H,4-5,8H2,1-3H3;6,8-9H,4-5H2,1-3H3;2*7-8H,4H2,1-3H3. The van der Waals surface area contributed by atoms with E-state index in [-0.39, 0.29) is 55.0 Å². The van der Waals surface area contributed by atoms with Crippen molar-refractivity contribution in [2.75, 3.05) is 26.4 Å². The van der Waals surface area contributed by atoms with Gasteiger partial charge in [-0.25, -0.2) is 0 Å². The smallest absolute Gasteiger partial charge is 0.427 e. The van der Waals surface area contributed by atoms with Gasteiger partial charge in [0, 0.05) is 25.2 Å². The largest absolute Gasteiger partial charge is 0.451 e. The lowest BCUT2D eigenvalue weighted by molar-refractivity contribution is 0.0612. The Morgan fingerprint density at radius 1 is 0.547 bits per heavy atom. The van der Waals surface area contributed by atoms with Crippen LogP contribution < -0.4 is 16.2 Å². The molecule has 0 saturated carbocycles. The molecule has 4 atom stereocenters. The van der Waals surface area contributed by atoms with E-state index >= 15 is 0 Å². The van der Waals surface area contributed by atoms with Crippen LogP contribution in [-0.2, 0) is 9.31 Å². The van der Waals surface area contributed by atoms with Crippen LogP contribution >= 0.6 is 0 Å². The van der Waals surface area contributed by atoms with Crippen molar-refractivity contribution in [3.05, 3.63) is 0 Å². The van der Waals surface area contributed by atoms with E-state index in [4.69, 9.17) is 50.5 Å². The predicted molar refractivity (Wildman–Crippen MR) is 279 cm³/mol. The quantitative estimate of drug-likeness (QED) is 0.0937. The Bertz CT molecular complexity index is 999. The zero-order valence-corrected chi connectivity index (χ0v) is 46.6. The lowest BCUT2D eigenvalue weighted by atomic mass is 9.67. The summed E-state index contributed by atoms with van der Waals surface area (Å²) in [6.07, 6.45) is 6.77. The van der Waals surface area contributed by atoms with Gasteiger partial charge in [0.15, 0.2) is 0 Å². The average Bonchev–Trinajstić information content (AvgIpc) is 3.58. The van der Waals surface area contributed by atoms with Crippen molar-refractivity contribution >= 4 is 28.3 Å². The molecule has 2 fully saturated rings. The Balaban J connectivity index is -0.000000346. The number of aliphatic hydroxyl groups excluding tert-OH is 3. The van der Waals surface area contributed by atoms with Gasteiger partial charge >= 0.3 is 28.3 Å².